The molecule has 0 saturated carbocycles. The van der Waals surface area contributed by atoms with Crippen LogP contribution >= 0.6 is 0 Å². The normalized spacial score (nSPS) is 19.0. The molecular weight excluding hydrogens is 188 g/mol. The van der Waals surface area contributed by atoms with Gasteiger partial charge in [0.05, 0.1) is 6.20 Å². The predicted octanol–water partition coefficient (Wildman–Crippen LogP) is 0.258. The van der Waals surface area contributed by atoms with E-state index in [1.54, 1.807) is 0 Å². The minimum absolute atomic E-state index is 1.12. The molecule has 0 aliphatic carbocycles. The molecule has 2 rings (SSSR count). The lowest BCUT2D eigenvalue weighted by Crippen LogP contribution is -2.29. The molecule has 0 spiro atoms. The maximum Gasteiger partial charge on any atom is 0.0522 e. The van der Waals surface area contributed by atoms with E-state index in [1.807, 2.05) is 17.9 Å². The zero-order valence-electron chi connectivity index (χ0n) is 9.45. The molecule has 2 heterocycles. The lowest BCUT2D eigenvalue weighted by molar-refractivity contribution is 0.296. The van der Waals surface area contributed by atoms with Gasteiger partial charge in [0.25, 0.3) is 0 Å². The van der Waals surface area contributed by atoms with E-state index in [-0.39, 0.29) is 0 Å². The van der Waals surface area contributed by atoms with Crippen LogP contribution in [0.25, 0.3) is 0 Å². The zero-order valence-corrected chi connectivity index (χ0v) is 9.45. The van der Waals surface area contributed by atoms with Crippen LogP contribution in [0.2, 0.25) is 0 Å². The van der Waals surface area contributed by atoms with Crippen LogP contribution in [0.4, 0.5) is 0 Å². The molecule has 4 nitrogen and oxygen atoms in total. The number of aryl methyl sites for hydroxylation is 1. The van der Waals surface area contributed by atoms with Crippen LogP contribution in [0.5, 0.6) is 0 Å². The van der Waals surface area contributed by atoms with E-state index in [9.17, 15) is 0 Å². The fourth-order valence-corrected chi connectivity index (χ4v) is 2.01. The van der Waals surface area contributed by atoms with E-state index in [0.717, 1.165) is 19.5 Å². The molecule has 1 aliphatic heterocycles. The van der Waals surface area contributed by atoms with Crippen molar-refractivity contribution >= 4 is 0 Å². The van der Waals surface area contributed by atoms with Crippen molar-refractivity contribution in [3.05, 3.63) is 18.0 Å². The van der Waals surface area contributed by atoms with E-state index in [0.29, 0.717) is 0 Å². The summed E-state index contributed by atoms with van der Waals surface area (Å²) >= 11 is 0. The highest BCUT2D eigenvalue weighted by Crippen LogP contribution is 2.01. The first-order chi connectivity index (χ1) is 7.34. The van der Waals surface area contributed by atoms with Crippen molar-refractivity contribution in [2.75, 3.05) is 32.7 Å². The molecule has 1 saturated heterocycles. The second kappa shape index (κ2) is 5.28. The van der Waals surface area contributed by atoms with Crippen molar-refractivity contribution in [1.29, 1.82) is 0 Å². The van der Waals surface area contributed by atoms with Gasteiger partial charge in [0, 0.05) is 32.9 Å². The summed E-state index contributed by atoms with van der Waals surface area (Å²) in [7, 11) is 1.97. The summed E-state index contributed by atoms with van der Waals surface area (Å²) in [5.74, 6) is 0. The average molecular weight is 208 g/mol. The van der Waals surface area contributed by atoms with E-state index >= 15 is 0 Å². The van der Waals surface area contributed by atoms with Crippen LogP contribution in [0.3, 0.4) is 0 Å². The number of rotatable bonds is 3. The van der Waals surface area contributed by atoms with Crippen molar-refractivity contribution < 1.29 is 0 Å². The molecule has 4 heteroatoms. The fourth-order valence-electron chi connectivity index (χ4n) is 2.01. The third-order valence-corrected chi connectivity index (χ3v) is 2.91. The maximum atomic E-state index is 4.18. The molecule has 0 amide bonds. The van der Waals surface area contributed by atoms with Gasteiger partial charge in [0.15, 0.2) is 0 Å². The number of hydrogen-bond acceptors (Lipinski definition) is 3. The fraction of sp³-hybridized carbons (Fsp3) is 0.727. The van der Waals surface area contributed by atoms with Crippen molar-refractivity contribution in [3.63, 3.8) is 0 Å². The molecule has 84 valence electrons. The van der Waals surface area contributed by atoms with E-state index < -0.39 is 0 Å². The number of hydrogen-bond donors (Lipinski definition) is 1. The third-order valence-electron chi connectivity index (χ3n) is 2.91. The van der Waals surface area contributed by atoms with Crippen LogP contribution in [0, 0.1) is 0 Å². The summed E-state index contributed by atoms with van der Waals surface area (Å²) in [4.78, 5) is 2.53. The smallest absolute Gasteiger partial charge is 0.0522 e. The first-order valence-electron chi connectivity index (χ1n) is 5.75. The molecule has 1 N–H and O–H groups in total. The first-order valence-corrected chi connectivity index (χ1v) is 5.75. The van der Waals surface area contributed by atoms with Crippen LogP contribution in [0.1, 0.15) is 12.0 Å². The Morgan fingerprint density at radius 3 is 3.13 bits per heavy atom. The quantitative estimate of drug-likeness (QED) is 0.773. The Labute approximate surface area is 91.3 Å². The predicted molar refractivity (Wildman–Crippen MR) is 60.8 cm³/mol. The Bertz CT molecular complexity index is 287. The minimum atomic E-state index is 1.12. The van der Waals surface area contributed by atoms with Gasteiger partial charge in [-0.25, -0.2) is 0 Å². The molecule has 0 unspecified atom stereocenters. The highest BCUT2D eigenvalue weighted by atomic mass is 15.2. The third kappa shape index (κ3) is 3.32. The molecular formula is C11H20N4. The summed E-state index contributed by atoms with van der Waals surface area (Å²) in [5, 5.41) is 7.61. The van der Waals surface area contributed by atoms with Crippen LogP contribution in [0.15, 0.2) is 12.4 Å². The van der Waals surface area contributed by atoms with Crippen molar-refractivity contribution in [1.82, 2.24) is 20.0 Å². The molecule has 1 aromatic heterocycles. The summed E-state index contributed by atoms with van der Waals surface area (Å²) in [6, 6.07) is 0. The molecule has 1 aliphatic rings. The first kappa shape index (κ1) is 10.6. The van der Waals surface area contributed by atoms with Gasteiger partial charge >= 0.3 is 0 Å². The number of aromatic nitrogens is 2. The molecule has 0 atom stereocenters. The van der Waals surface area contributed by atoms with E-state index in [1.165, 1.54) is 31.6 Å². The standard InChI is InChI=1S/C11H20N4/c1-14-10-11(9-13-14)3-7-15-6-2-4-12-5-8-15/h9-10,12H,2-8H2,1H3. The summed E-state index contributed by atoms with van der Waals surface area (Å²) in [6.45, 7) is 5.87. The lowest BCUT2D eigenvalue weighted by atomic mass is 10.2. The Morgan fingerprint density at radius 2 is 2.33 bits per heavy atom. The van der Waals surface area contributed by atoms with E-state index in [2.05, 4.69) is 21.5 Å². The Kier molecular flexibility index (Phi) is 3.75. The van der Waals surface area contributed by atoms with Gasteiger partial charge in [0.1, 0.15) is 0 Å². The van der Waals surface area contributed by atoms with Crippen molar-refractivity contribution in [2.45, 2.75) is 12.8 Å². The van der Waals surface area contributed by atoms with Crippen LogP contribution in [-0.2, 0) is 13.5 Å². The number of nitrogens with zero attached hydrogens (tertiary/aromatic N) is 3. The number of nitrogens with one attached hydrogen (secondary N) is 1. The van der Waals surface area contributed by atoms with Crippen molar-refractivity contribution in [2.24, 2.45) is 7.05 Å². The van der Waals surface area contributed by atoms with Gasteiger partial charge in [-0.1, -0.05) is 0 Å². The summed E-state index contributed by atoms with van der Waals surface area (Å²) in [6.07, 6.45) is 6.47. The monoisotopic (exact) mass is 208 g/mol. The minimum Gasteiger partial charge on any atom is -0.315 e. The van der Waals surface area contributed by atoms with E-state index in [4.69, 9.17) is 0 Å². The van der Waals surface area contributed by atoms with Gasteiger partial charge in [-0.3, -0.25) is 4.68 Å². The average Bonchev–Trinajstić information content (AvgIpc) is 2.52. The molecule has 0 radical (unpaired) electrons. The van der Waals surface area contributed by atoms with Crippen molar-refractivity contribution in [3.8, 4) is 0 Å². The molecule has 1 aromatic rings. The highest BCUT2D eigenvalue weighted by Gasteiger charge is 2.08. The van der Waals surface area contributed by atoms with Crippen LogP contribution < -0.4 is 5.32 Å². The molecule has 1 fully saturated rings. The lowest BCUT2D eigenvalue weighted by Gasteiger charge is -2.18. The van der Waals surface area contributed by atoms with Gasteiger partial charge in [-0.15, -0.1) is 0 Å². The van der Waals surface area contributed by atoms with Gasteiger partial charge in [-0.2, -0.15) is 5.10 Å². The zero-order chi connectivity index (χ0) is 10.5. The topological polar surface area (TPSA) is 33.1 Å². The Hall–Kier alpha value is -0.870. The molecule has 15 heavy (non-hydrogen) atoms. The largest absolute Gasteiger partial charge is 0.315 e. The second-order valence-electron chi connectivity index (χ2n) is 4.22. The highest BCUT2D eigenvalue weighted by molar-refractivity contribution is 5.03. The summed E-state index contributed by atoms with van der Waals surface area (Å²) < 4.78 is 1.87. The molecule has 0 bridgehead atoms. The molecule has 0 aromatic carbocycles. The second-order valence-corrected chi connectivity index (χ2v) is 4.22. The Morgan fingerprint density at radius 1 is 1.40 bits per heavy atom. The van der Waals surface area contributed by atoms with Gasteiger partial charge < -0.3 is 10.2 Å². The summed E-state index contributed by atoms with van der Waals surface area (Å²) in [5.41, 5.74) is 1.34. The SMILES string of the molecule is Cn1cc(CCN2CCCNCC2)cn1. The van der Waals surface area contributed by atoms with Gasteiger partial charge in [-0.05, 0) is 31.5 Å². The maximum absolute atomic E-state index is 4.18. The van der Waals surface area contributed by atoms with Crippen LogP contribution in [-0.4, -0.2) is 47.4 Å². The van der Waals surface area contributed by atoms with Gasteiger partial charge in [0.2, 0.25) is 0 Å². The Balaban J connectivity index is 1.76.